The number of nitrogens with one attached hydrogen (secondary N) is 1. The molecule has 0 saturated heterocycles. The first-order chi connectivity index (χ1) is 8.83. The van der Waals surface area contributed by atoms with Crippen LogP contribution in [0.15, 0.2) is 10.5 Å². The van der Waals surface area contributed by atoms with Crippen molar-refractivity contribution in [2.75, 3.05) is 11.9 Å². The Bertz CT molecular complexity index is 500. The van der Waals surface area contributed by atoms with Crippen LogP contribution in [0.25, 0.3) is 0 Å². The summed E-state index contributed by atoms with van der Waals surface area (Å²) in [6.45, 7) is -1.71. The van der Waals surface area contributed by atoms with Crippen LogP contribution in [0.2, 0.25) is 0 Å². The maximum absolute atomic E-state index is 11.8. The van der Waals surface area contributed by atoms with E-state index in [0.29, 0.717) is 6.41 Å². The van der Waals surface area contributed by atoms with Gasteiger partial charge in [0.25, 0.3) is 0 Å². The van der Waals surface area contributed by atoms with Crippen molar-refractivity contribution in [3.63, 3.8) is 0 Å². The van der Waals surface area contributed by atoms with Gasteiger partial charge in [0.1, 0.15) is 5.69 Å². The molecular weight excluding hydrogens is 291 g/mol. The molecule has 1 aromatic heterocycles. The number of halogens is 3. The van der Waals surface area contributed by atoms with Crippen LogP contribution < -0.4 is 5.32 Å². The molecule has 7 nitrogen and oxygen atoms in total. The third-order valence-electron chi connectivity index (χ3n) is 1.52. The van der Waals surface area contributed by atoms with Gasteiger partial charge in [0.2, 0.25) is 18.7 Å². The van der Waals surface area contributed by atoms with Crippen LogP contribution in [0.4, 0.5) is 18.3 Å². The molecule has 2 N–H and O–H groups in total. The lowest BCUT2D eigenvalue weighted by Crippen LogP contribution is -2.19. The second kappa shape index (κ2) is 6.13. The van der Waals surface area contributed by atoms with E-state index >= 15 is 0 Å². The number of carboxylic acids is 1. The standard InChI is InChI=1S/C8H6F3N3O4S/c9-8(10,11)2-18-14-5(6(16)17)4-1-19-7(13-4)12-3-15/h1,3H,2H2,(H,16,17)(H,12,13,15)/b14-5+. The molecule has 0 radical (unpaired) electrons. The summed E-state index contributed by atoms with van der Waals surface area (Å²) in [5.74, 6) is -1.61. The van der Waals surface area contributed by atoms with Crippen molar-refractivity contribution < 1.29 is 32.7 Å². The zero-order chi connectivity index (χ0) is 14.5. The van der Waals surface area contributed by atoms with Gasteiger partial charge in [-0.1, -0.05) is 5.16 Å². The van der Waals surface area contributed by atoms with Gasteiger partial charge in [-0.15, -0.1) is 11.3 Å². The number of hydrogen-bond acceptors (Lipinski definition) is 6. The number of carboxylic acid groups (broad SMARTS) is 1. The third-order valence-corrected chi connectivity index (χ3v) is 2.29. The first-order valence-electron chi connectivity index (χ1n) is 4.49. The molecule has 0 atom stereocenters. The largest absolute Gasteiger partial charge is 0.476 e. The number of anilines is 1. The molecule has 1 heterocycles. The molecule has 0 spiro atoms. The highest BCUT2D eigenvalue weighted by molar-refractivity contribution is 7.14. The van der Waals surface area contributed by atoms with Gasteiger partial charge < -0.3 is 15.3 Å². The number of rotatable bonds is 6. The molecule has 0 saturated carbocycles. The van der Waals surface area contributed by atoms with Gasteiger partial charge in [0, 0.05) is 5.38 Å². The molecular formula is C8H6F3N3O4S. The van der Waals surface area contributed by atoms with Crippen LogP contribution in [0.3, 0.4) is 0 Å². The number of thiazole rings is 1. The van der Waals surface area contributed by atoms with Crippen LogP contribution >= 0.6 is 11.3 Å². The van der Waals surface area contributed by atoms with Crippen molar-refractivity contribution in [1.29, 1.82) is 0 Å². The molecule has 0 aliphatic rings. The number of aromatic nitrogens is 1. The van der Waals surface area contributed by atoms with Crippen molar-refractivity contribution >= 4 is 34.6 Å². The molecule has 0 bridgehead atoms. The van der Waals surface area contributed by atoms with E-state index in [1.54, 1.807) is 0 Å². The highest BCUT2D eigenvalue weighted by Crippen LogP contribution is 2.17. The summed E-state index contributed by atoms with van der Waals surface area (Å²) in [6, 6.07) is 0. The number of hydrogen-bond donors (Lipinski definition) is 2. The molecule has 0 aliphatic heterocycles. The van der Waals surface area contributed by atoms with Gasteiger partial charge in [0.15, 0.2) is 5.13 Å². The van der Waals surface area contributed by atoms with Crippen LogP contribution in [-0.4, -0.2) is 41.0 Å². The smallest absolute Gasteiger partial charge is 0.425 e. The second-order valence-electron chi connectivity index (χ2n) is 2.93. The third kappa shape index (κ3) is 4.91. The quantitative estimate of drug-likeness (QED) is 0.465. The van der Waals surface area contributed by atoms with E-state index in [0.717, 1.165) is 11.3 Å². The molecule has 1 rings (SSSR count). The van der Waals surface area contributed by atoms with Gasteiger partial charge >= 0.3 is 12.1 Å². The number of carbonyl (C=O) groups excluding carboxylic acids is 1. The Labute approximate surface area is 107 Å². The molecule has 1 amide bonds. The second-order valence-corrected chi connectivity index (χ2v) is 3.79. The van der Waals surface area contributed by atoms with E-state index in [2.05, 4.69) is 20.3 Å². The summed E-state index contributed by atoms with van der Waals surface area (Å²) in [5.41, 5.74) is -1.01. The van der Waals surface area contributed by atoms with Crippen molar-refractivity contribution in [3.8, 4) is 0 Å². The van der Waals surface area contributed by atoms with Crippen molar-refractivity contribution in [1.82, 2.24) is 4.98 Å². The minimum absolute atomic E-state index is 0.0785. The predicted molar refractivity (Wildman–Crippen MR) is 58.0 cm³/mol. The summed E-state index contributed by atoms with van der Waals surface area (Å²) in [7, 11) is 0. The van der Waals surface area contributed by atoms with Gasteiger partial charge in [0.05, 0.1) is 0 Å². The summed E-state index contributed by atoms with van der Waals surface area (Å²) in [5, 5.41) is 15.1. The fourth-order valence-corrected chi connectivity index (χ4v) is 1.52. The fraction of sp³-hybridized carbons (Fsp3) is 0.250. The number of carbonyl (C=O) groups is 2. The summed E-state index contributed by atoms with van der Waals surface area (Å²) >= 11 is 0.883. The maximum atomic E-state index is 11.8. The van der Waals surface area contributed by atoms with Crippen molar-refractivity contribution in [3.05, 3.63) is 11.1 Å². The number of amides is 1. The topological polar surface area (TPSA) is 101 Å². The lowest BCUT2D eigenvalue weighted by Gasteiger charge is -2.04. The van der Waals surface area contributed by atoms with E-state index in [1.807, 2.05) is 0 Å². The average Bonchev–Trinajstić information content (AvgIpc) is 2.71. The molecule has 0 fully saturated rings. The van der Waals surface area contributed by atoms with E-state index < -0.39 is 24.5 Å². The Balaban J connectivity index is 2.84. The first kappa shape index (κ1) is 14.9. The lowest BCUT2D eigenvalue weighted by molar-refractivity contribution is -0.174. The lowest BCUT2D eigenvalue weighted by atomic mass is 10.3. The average molecular weight is 297 g/mol. The van der Waals surface area contributed by atoms with Crippen LogP contribution in [0, 0.1) is 0 Å². The summed E-state index contributed by atoms with van der Waals surface area (Å²) < 4.78 is 35.4. The first-order valence-corrected chi connectivity index (χ1v) is 5.37. The van der Waals surface area contributed by atoms with Gasteiger partial charge in [-0.05, 0) is 0 Å². The minimum atomic E-state index is -4.63. The normalized spacial score (nSPS) is 12.1. The van der Waals surface area contributed by atoms with Gasteiger partial charge in [-0.2, -0.15) is 13.2 Å². The molecule has 0 unspecified atom stereocenters. The van der Waals surface area contributed by atoms with Crippen LogP contribution in [-0.2, 0) is 14.4 Å². The number of oxime groups is 1. The van der Waals surface area contributed by atoms with E-state index in [-0.39, 0.29) is 10.8 Å². The maximum Gasteiger partial charge on any atom is 0.425 e. The summed E-state index contributed by atoms with van der Waals surface area (Å²) in [4.78, 5) is 28.5. The van der Waals surface area contributed by atoms with Gasteiger partial charge in [-0.25, -0.2) is 9.78 Å². The Morgan fingerprint density at radius 3 is 2.84 bits per heavy atom. The van der Waals surface area contributed by atoms with E-state index in [1.165, 1.54) is 5.38 Å². The number of alkyl halides is 3. The zero-order valence-corrected chi connectivity index (χ0v) is 9.79. The zero-order valence-electron chi connectivity index (χ0n) is 8.97. The summed E-state index contributed by atoms with van der Waals surface area (Å²) in [6.07, 6.45) is -4.31. The number of aliphatic carboxylic acids is 1. The minimum Gasteiger partial charge on any atom is -0.476 e. The molecule has 104 valence electrons. The van der Waals surface area contributed by atoms with Crippen molar-refractivity contribution in [2.45, 2.75) is 6.18 Å². The molecule has 0 aliphatic carbocycles. The highest BCUT2D eigenvalue weighted by atomic mass is 32.1. The Morgan fingerprint density at radius 2 is 2.32 bits per heavy atom. The molecule has 0 aromatic carbocycles. The Hall–Kier alpha value is -2.17. The molecule has 1 aromatic rings. The molecule has 11 heteroatoms. The highest BCUT2D eigenvalue weighted by Gasteiger charge is 2.29. The Morgan fingerprint density at radius 1 is 1.63 bits per heavy atom. The monoisotopic (exact) mass is 297 g/mol. The van der Waals surface area contributed by atoms with Crippen molar-refractivity contribution in [2.24, 2.45) is 5.16 Å². The van der Waals surface area contributed by atoms with E-state index in [9.17, 15) is 22.8 Å². The predicted octanol–water partition coefficient (Wildman–Crippen LogP) is 1.08. The van der Waals surface area contributed by atoms with Crippen LogP contribution in [0.5, 0.6) is 0 Å². The van der Waals surface area contributed by atoms with Gasteiger partial charge in [-0.3, -0.25) is 4.79 Å². The SMILES string of the molecule is O=CNc1nc(/C(=N\OCC(F)(F)F)C(=O)O)cs1. The van der Waals surface area contributed by atoms with Crippen LogP contribution in [0.1, 0.15) is 5.69 Å². The fourth-order valence-electron chi connectivity index (χ4n) is 0.865. The van der Waals surface area contributed by atoms with E-state index in [4.69, 9.17) is 5.11 Å². The Kier molecular flexibility index (Phi) is 4.80. The molecule has 19 heavy (non-hydrogen) atoms. The number of nitrogens with zero attached hydrogens (tertiary/aromatic N) is 2.